The van der Waals surface area contributed by atoms with Crippen LogP contribution in [-0.4, -0.2) is 34.4 Å². The van der Waals surface area contributed by atoms with Crippen molar-refractivity contribution in [2.24, 2.45) is 0 Å². The Morgan fingerprint density at radius 1 is 1.06 bits per heavy atom. The molecule has 5 heteroatoms. The van der Waals surface area contributed by atoms with Crippen LogP contribution >= 0.6 is 0 Å². The number of fused-ring (bicyclic) bond motifs is 2. The SMILES string of the molecule is CCc1cccc2c(C=C3C(=O)Nc4ccccc43)cn(CC(=O)N3CCCCC3)c12. The minimum Gasteiger partial charge on any atom is -0.341 e. The lowest BCUT2D eigenvalue weighted by atomic mass is 10.0. The molecule has 0 bridgehead atoms. The monoisotopic (exact) mass is 413 g/mol. The fourth-order valence-electron chi connectivity index (χ4n) is 4.82. The summed E-state index contributed by atoms with van der Waals surface area (Å²) in [6.45, 7) is 4.18. The smallest absolute Gasteiger partial charge is 0.256 e. The van der Waals surface area contributed by atoms with Crippen molar-refractivity contribution in [2.75, 3.05) is 18.4 Å². The highest BCUT2D eigenvalue weighted by molar-refractivity contribution is 6.35. The van der Waals surface area contributed by atoms with E-state index in [1.165, 1.54) is 12.0 Å². The molecule has 1 saturated heterocycles. The van der Waals surface area contributed by atoms with E-state index in [0.29, 0.717) is 12.1 Å². The third kappa shape index (κ3) is 3.54. The van der Waals surface area contributed by atoms with E-state index < -0.39 is 0 Å². The summed E-state index contributed by atoms with van der Waals surface area (Å²) in [4.78, 5) is 27.6. The summed E-state index contributed by atoms with van der Waals surface area (Å²) in [6.07, 6.45) is 8.27. The van der Waals surface area contributed by atoms with Crippen molar-refractivity contribution in [1.82, 2.24) is 9.47 Å². The normalized spacial score (nSPS) is 17.3. The number of hydrogen-bond donors (Lipinski definition) is 1. The highest BCUT2D eigenvalue weighted by Crippen LogP contribution is 2.35. The zero-order valence-electron chi connectivity index (χ0n) is 17.9. The van der Waals surface area contributed by atoms with Crippen LogP contribution in [0.2, 0.25) is 0 Å². The fraction of sp³-hybridized carbons (Fsp3) is 0.308. The van der Waals surface area contributed by atoms with Gasteiger partial charge in [0.1, 0.15) is 6.54 Å². The lowest BCUT2D eigenvalue weighted by Crippen LogP contribution is -2.37. The summed E-state index contributed by atoms with van der Waals surface area (Å²) < 4.78 is 2.08. The van der Waals surface area contributed by atoms with Gasteiger partial charge in [-0.3, -0.25) is 9.59 Å². The van der Waals surface area contributed by atoms with Gasteiger partial charge in [0.05, 0.1) is 5.52 Å². The summed E-state index contributed by atoms with van der Waals surface area (Å²) in [7, 11) is 0. The van der Waals surface area contributed by atoms with E-state index >= 15 is 0 Å². The summed E-state index contributed by atoms with van der Waals surface area (Å²) in [5.41, 5.74) is 5.71. The summed E-state index contributed by atoms with van der Waals surface area (Å²) in [5, 5.41) is 4.02. The quantitative estimate of drug-likeness (QED) is 0.630. The molecule has 2 amide bonds. The number of benzene rings is 2. The third-order valence-electron chi connectivity index (χ3n) is 6.42. The molecule has 0 atom stereocenters. The van der Waals surface area contributed by atoms with Gasteiger partial charge in [-0.1, -0.05) is 43.3 Å². The number of likely N-dealkylation sites (tertiary alicyclic amines) is 1. The predicted octanol–water partition coefficient (Wildman–Crippen LogP) is 4.71. The van der Waals surface area contributed by atoms with Crippen molar-refractivity contribution in [2.45, 2.75) is 39.2 Å². The van der Waals surface area contributed by atoms with Gasteiger partial charge in [-0.2, -0.15) is 0 Å². The predicted molar refractivity (Wildman–Crippen MR) is 125 cm³/mol. The van der Waals surface area contributed by atoms with Crippen LogP contribution < -0.4 is 5.32 Å². The van der Waals surface area contributed by atoms with Gasteiger partial charge in [0.2, 0.25) is 5.91 Å². The molecule has 3 aromatic rings. The van der Waals surface area contributed by atoms with Crippen LogP contribution in [0.4, 0.5) is 5.69 Å². The van der Waals surface area contributed by atoms with Gasteiger partial charge in [0, 0.05) is 47.1 Å². The molecule has 3 heterocycles. The average molecular weight is 414 g/mol. The molecule has 0 radical (unpaired) electrons. The number of anilines is 1. The van der Waals surface area contributed by atoms with Gasteiger partial charge in [0.25, 0.3) is 5.91 Å². The molecule has 158 valence electrons. The molecular formula is C26H27N3O2. The summed E-state index contributed by atoms with van der Waals surface area (Å²) in [5.74, 6) is 0.0869. The van der Waals surface area contributed by atoms with E-state index in [-0.39, 0.29) is 11.8 Å². The number of hydrogen-bond acceptors (Lipinski definition) is 2. The van der Waals surface area contributed by atoms with Crippen molar-refractivity contribution >= 4 is 40.1 Å². The Kier molecular flexibility index (Phi) is 5.10. The fourth-order valence-corrected chi connectivity index (χ4v) is 4.82. The zero-order valence-corrected chi connectivity index (χ0v) is 17.9. The molecule has 31 heavy (non-hydrogen) atoms. The number of carbonyl (C=O) groups is 2. The number of aryl methyl sites for hydroxylation is 1. The second-order valence-corrected chi connectivity index (χ2v) is 8.38. The minimum absolute atomic E-state index is 0.0851. The highest BCUT2D eigenvalue weighted by atomic mass is 16.2. The van der Waals surface area contributed by atoms with E-state index in [4.69, 9.17) is 0 Å². The van der Waals surface area contributed by atoms with Gasteiger partial charge in [-0.15, -0.1) is 0 Å². The Bertz CT molecular complexity index is 1200. The van der Waals surface area contributed by atoms with Gasteiger partial charge in [0.15, 0.2) is 0 Å². The largest absolute Gasteiger partial charge is 0.341 e. The molecule has 5 rings (SSSR count). The van der Waals surface area contributed by atoms with Crippen molar-refractivity contribution in [3.8, 4) is 0 Å². The average Bonchev–Trinajstić information content (AvgIpc) is 3.31. The molecular weight excluding hydrogens is 386 g/mol. The number of nitrogens with one attached hydrogen (secondary N) is 1. The van der Waals surface area contributed by atoms with Crippen LogP contribution in [0.1, 0.15) is 42.9 Å². The summed E-state index contributed by atoms with van der Waals surface area (Å²) in [6, 6.07) is 14.0. The Hall–Kier alpha value is -3.34. The number of nitrogens with zero attached hydrogens (tertiary/aromatic N) is 2. The van der Waals surface area contributed by atoms with Gasteiger partial charge in [-0.25, -0.2) is 0 Å². The molecule has 0 saturated carbocycles. The second kappa shape index (κ2) is 8.06. The molecule has 2 aliphatic heterocycles. The Balaban J connectivity index is 1.58. The molecule has 1 N–H and O–H groups in total. The molecule has 1 fully saturated rings. The Morgan fingerprint density at radius 2 is 1.87 bits per heavy atom. The molecule has 2 aliphatic rings. The lowest BCUT2D eigenvalue weighted by molar-refractivity contribution is -0.132. The first-order valence-electron chi connectivity index (χ1n) is 11.2. The van der Waals surface area contributed by atoms with Crippen LogP contribution in [0, 0.1) is 0 Å². The maximum absolute atomic E-state index is 13.0. The van der Waals surface area contributed by atoms with Crippen molar-refractivity contribution in [3.05, 3.63) is 65.4 Å². The van der Waals surface area contributed by atoms with Gasteiger partial charge < -0.3 is 14.8 Å². The summed E-state index contributed by atoms with van der Waals surface area (Å²) >= 11 is 0. The van der Waals surface area contributed by atoms with E-state index in [0.717, 1.165) is 60.1 Å². The molecule has 1 aromatic heterocycles. The molecule has 5 nitrogen and oxygen atoms in total. The number of aromatic nitrogens is 1. The van der Waals surface area contributed by atoms with Crippen molar-refractivity contribution < 1.29 is 9.59 Å². The first-order chi connectivity index (χ1) is 15.2. The molecule has 0 unspecified atom stereocenters. The molecule has 0 aliphatic carbocycles. The van der Waals surface area contributed by atoms with Crippen molar-refractivity contribution in [1.29, 1.82) is 0 Å². The van der Waals surface area contributed by atoms with E-state index in [1.54, 1.807) is 0 Å². The Morgan fingerprint density at radius 3 is 2.68 bits per heavy atom. The first kappa shape index (κ1) is 19.6. The van der Waals surface area contributed by atoms with Gasteiger partial charge in [-0.05, 0) is 43.4 Å². The third-order valence-corrected chi connectivity index (χ3v) is 6.42. The van der Waals surface area contributed by atoms with E-state index in [1.807, 2.05) is 41.4 Å². The van der Waals surface area contributed by atoms with Crippen molar-refractivity contribution in [3.63, 3.8) is 0 Å². The van der Waals surface area contributed by atoms with Crippen LogP contribution in [0.15, 0.2) is 48.7 Å². The van der Waals surface area contributed by atoms with Crippen LogP contribution in [0.25, 0.3) is 22.6 Å². The van der Waals surface area contributed by atoms with E-state index in [2.05, 4.69) is 35.0 Å². The zero-order chi connectivity index (χ0) is 21.4. The van der Waals surface area contributed by atoms with Crippen LogP contribution in [0.5, 0.6) is 0 Å². The molecule has 2 aromatic carbocycles. The second-order valence-electron chi connectivity index (χ2n) is 8.38. The van der Waals surface area contributed by atoms with Crippen LogP contribution in [0.3, 0.4) is 0 Å². The lowest BCUT2D eigenvalue weighted by Gasteiger charge is -2.27. The first-order valence-corrected chi connectivity index (χ1v) is 11.2. The Labute approximate surface area is 182 Å². The number of piperidine rings is 1. The van der Waals surface area contributed by atoms with Crippen LogP contribution in [-0.2, 0) is 22.6 Å². The maximum atomic E-state index is 13.0. The standard InChI is InChI=1S/C26H27N3O2/c1-2-18-9-8-11-20-19(15-22-21-10-4-5-12-23(21)27-26(22)31)16-29(25(18)20)17-24(30)28-13-6-3-7-14-28/h4-5,8-12,15-16H,2-3,6-7,13-14,17H2,1H3,(H,27,31). The van der Waals surface area contributed by atoms with Gasteiger partial charge >= 0.3 is 0 Å². The highest BCUT2D eigenvalue weighted by Gasteiger charge is 2.25. The molecule has 0 spiro atoms. The number of carbonyl (C=O) groups excluding carboxylic acids is 2. The van der Waals surface area contributed by atoms with E-state index in [9.17, 15) is 9.59 Å². The minimum atomic E-state index is -0.0851. The topological polar surface area (TPSA) is 54.3 Å². The number of rotatable bonds is 4. The number of amides is 2. The number of para-hydroxylation sites is 2. The maximum Gasteiger partial charge on any atom is 0.256 e.